The number of hydrogen-bond acceptors (Lipinski definition) is 14. The quantitative estimate of drug-likeness (QED) is 0.0378. The Labute approximate surface area is 371 Å². The summed E-state index contributed by atoms with van der Waals surface area (Å²) in [5.41, 5.74) is -2.05. The summed E-state index contributed by atoms with van der Waals surface area (Å²) >= 11 is 0. The van der Waals surface area contributed by atoms with Gasteiger partial charge in [-0.2, -0.15) is 0 Å². The van der Waals surface area contributed by atoms with E-state index in [-0.39, 0.29) is 95.6 Å². The third kappa shape index (κ3) is 23.3. The molecule has 1 rings (SSSR count). The average molecular weight is 954 g/mol. The lowest BCUT2D eigenvalue weighted by atomic mass is 10.1. The number of amides is 2. The monoisotopic (exact) mass is 953 g/mol. The Bertz CT molecular complexity index is 1580. The molecule has 0 atom stereocenters. The summed E-state index contributed by atoms with van der Waals surface area (Å²) in [5, 5.41) is 40.2. The normalized spacial score (nSPS) is 12.4. The van der Waals surface area contributed by atoms with Crippen LogP contribution < -0.4 is 22.4 Å². The van der Waals surface area contributed by atoms with E-state index < -0.39 is 56.4 Å². The van der Waals surface area contributed by atoms with Crippen LogP contribution in [0.2, 0.25) is 52.4 Å². The van der Waals surface area contributed by atoms with Gasteiger partial charge in [0.1, 0.15) is 12.5 Å². The fraction of sp³-hybridized carbons (Fsp3) is 0.846. The van der Waals surface area contributed by atoms with Crippen LogP contribution in [0.4, 0.5) is 4.79 Å². The van der Waals surface area contributed by atoms with Crippen LogP contribution in [0.25, 0.3) is 0 Å². The molecule has 0 saturated heterocycles. The van der Waals surface area contributed by atoms with Gasteiger partial charge in [-0.25, -0.2) is 32.9 Å². The Kier molecular flexibility index (Phi) is 26.7. The molecule has 1 aromatic heterocycles. The van der Waals surface area contributed by atoms with Gasteiger partial charge in [-0.15, -0.1) is 0 Å². The number of carbonyl (C=O) groups excluding carboxylic acids is 3. The van der Waals surface area contributed by atoms with E-state index in [0.29, 0.717) is 77.2 Å². The van der Waals surface area contributed by atoms with Gasteiger partial charge in [0.2, 0.25) is 16.6 Å². The molecule has 0 fully saturated rings. The topological polar surface area (TPSA) is 250 Å². The van der Waals surface area contributed by atoms with Gasteiger partial charge in [-0.3, -0.25) is 9.59 Å². The zero-order valence-electron chi connectivity index (χ0n) is 38.8. The highest BCUT2D eigenvalue weighted by Crippen LogP contribution is 2.16. The number of urea groups is 1. The van der Waals surface area contributed by atoms with Gasteiger partial charge in [0, 0.05) is 52.1 Å². The highest BCUT2D eigenvalue weighted by atomic mass is 28.4. The standard InChI is InChI=1S/C39H79N5O14Si4/c1-59(2,30-47)57-61(5,6)32-55-34(49)20-14-9-11-17-23-42-37(52)43(24-18-12-10-15-21-35(50)56-33-62(7,8)58-60(3,4)31-48)39(54)44(38(42)53)25-19-13-16-22-40-36(51)41(26-28-45)27-29-46/h45-48H,9-33H2,1-8H3,(H,40,51). The molecular formula is C39H79N5O14Si4. The van der Waals surface area contributed by atoms with E-state index in [1.807, 2.05) is 52.4 Å². The fourth-order valence-corrected chi connectivity index (χ4v) is 20.7. The van der Waals surface area contributed by atoms with E-state index in [1.54, 1.807) is 0 Å². The van der Waals surface area contributed by atoms with Gasteiger partial charge in [-0.05, 0) is 97.3 Å². The average Bonchev–Trinajstić information content (AvgIpc) is 3.19. The molecule has 5 N–H and O–H groups in total. The second kappa shape index (κ2) is 28.9. The van der Waals surface area contributed by atoms with Crippen LogP contribution in [0.1, 0.15) is 83.5 Å². The first-order chi connectivity index (χ1) is 29.0. The Morgan fingerprint density at radius 1 is 0.516 bits per heavy atom. The second-order valence-corrected chi connectivity index (χ2v) is 35.2. The number of unbranched alkanes of at least 4 members (excludes halogenated alkanes) is 8. The van der Waals surface area contributed by atoms with Crippen molar-refractivity contribution >= 4 is 51.2 Å². The minimum atomic E-state index is -2.29. The molecule has 2 amide bonds. The number of rotatable bonds is 34. The third-order valence-electron chi connectivity index (χ3n) is 9.80. The van der Waals surface area contributed by atoms with Gasteiger partial charge in [0.05, 0.1) is 25.7 Å². The number of carbonyl (C=O) groups is 3. The number of ether oxygens (including phenoxy) is 2. The van der Waals surface area contributed by atoms with Crippen molar-refractivity contribution in [2.75, 3.05) is 57.8 Å². The lowest BCUT2D eigenvalue weighted by molar-refractivity contribution is -0.143. The summed E-state index contributed by atoms with van der Waals surface area (Å²) in [7, 11) is -9.00. The summed E-state index contributed by atoms with van der Waals surface area (Å²) in [5.74, 6) is -0.652. The Hall–Kier alpha value is -2.75. The molecule has 0 spiro atoms. The molecule has 62 heavy (non-hydrogen) atoms. The van der Waals surface area contributed by atoms with Crippen molar-refractivity contribution in [3.05, 3.63) is 31.5 Å². The minimum absolute atomic E-state index is 0.00652. The summed E-state index contributed by atoms with van der Waals surface area (Å²) < 4.78 is 26.5. The Morgan fingerprint density at radius 2 is 0.855 bits per heavy atom. The van der Waals surface area contributed by atoms with E-state index in [4.69, 9.17) is 17.7 Å². The van der Waals surface area contributed by atoms with Gasteiger partial charge < -0.3 is 48.3 Å². The fourth-order valence-electron chi connectivity index (χ4n) is 6.75. The first kappa shape index (κ1) is 57.3. The second-order valence-electron chi connectivity index (χ2n) is 18.2. The van der Waals surface area contributed by atoms with Crippen molar-refractivity contribution in [1.29, 1.82) is 0 Å². The highest BCUT2D eigenvalue weighted by molar-refractivity contribution is 6.85. The van der Waals surface area contributed by atoms with Gasteiger partial charge >= 0.3 is 35.0 Å². The molecule has 0 aliphatic carbocycles. The van der Waals surface area contributed by atoms with Crippen molar-refractivity contribution in [2.24, 2.45) is 0 Å². The molecule has 0 saturated carbocycles. The van der Waals surface area contributed by atoms with E-state index in [1.165, 1.54) is 4.90 Å². The van der Waals surface area contributed by atoms with E-state index in [2.05, 4.69) is 5.32 Å². The smallest absolute Gasteiger partial charge is 0.336 e. The van der Waals surface area contributed by atoms with Crippen LogP contribution in [0.3, 0.4) is 0 Å². The molecule has 0 radical (unpaired) electrons. The lowest BCUT2D eigenvalue weighted by Gasteiger charge is -2.32. The molecule has 23 heteroatoms. The van der Waals surface area contributed by atoms with E-state index in [0.717, 1.165) is 13.7 Å². The minimum Gasteiger partial charge on any atom is -0.466 e. The van der Waals surface area contributed by atoms with Gasteiger partial charge in [0.25, 0.3) is 0 Å². The van der Waals surface area contributed by atoms with Gasteiger partial charge in [0.15, 0.2) is 16.6 Å². The maximum atomic E-state index is 13.6. The Morgan fingerprint density at radius 3 is 1.19 bits per heavy atom. The summed E-state index contributed by atoms with van der Waals surface area (Å²) in [6, 6.07) is -0.410. The number of nitrogens with one attached hydrogen (secondary N) is 1. The van der Waals surface area contributed by atoms with Crippen LogP contribution in [0, 0.1) is 0 Å². The molecule has 19 nitrogen and oxygen atoms in total. The third-order valence-corrected chi connectivity index (χ3v) is 21.8. The largest absolute Gasteiger partial charge is 0.466 e. The number of aliphatic hydroxyl groups excluding tert-OH is 4. The van der Waals surface area contributed by atoms with Crippen LogP contribution >= 0.6 is 0 Å². The van der Waals surface area contributed by atoms with Crippen LogP contribution in [-0.4, -0.2) is 148 Å². The molecule has 360 valence electrons. The zero-order chi connectivity index (χ0) is 47.0. The SMILES string of the molecule is C[Si](C)(CO)O[Si](C)(C)COC(=O)CCCCCCn1c(=O)n(CCCCCCC(=O)OC[Si](C)(C)O[Si](C)(C)CO)c(=O)n(CCCCCNC(=O)N(CCO)CCO)c1=O. The van der Waals surface area contributed by atoms with Crippen molar-refractivity contribution in [3.63, 3.8) is 0 Å². The van der Waals surface area contributed by atoms with Crippen LogP contribution in [0.5, 0.6) is 0 Å². The zero-order valence-corrected chi connectivity index (χ0v) is 42.8. The summed E-state index contributed by atoms with van der Waals surface area (Å²) in [6.45, 7) is 15.8. The number of hydrogen-bond donors (Lipinski definition) is 5. The molecule has 1 aromatic rings. The first-order valence-corrected chi connectivity index (χ1v) is 34.6. The lowest BCUT2D eigenvalue weighted by Crippen LogP contribution is -2.54. The number of aliphatic hydroxyl groups is 4. The Balaban J connectivity index is 2.86. The maximum absolute atomic E-state index is 13.6. The summed E-state index contributed by atoms with van der Waals surface area (Å²) in [4.78, 5) is 79.3. The maximum Gasteiger partial charge on any atom is 0.336 e. The van der Waals surface area contributed by atoms with E-state index >= 15 is 0 Å². The molecule has 0 aliphatic rings. The number of aromatic nitrogens is 3. The van der Waals surface area contributed by atoms with Crippen molar-refractivity contribution in [2.45, 2.75) is 155 Å². The molecule has 0 bridgehead atoms. The first-order valence-electron chi connectivity index (χ1n) is 22.2. The predicted octanol–water partition coefficient (Wildman–Crippen LogP) is 2.32. The molecule has 1 heterocycles. The van der Waals surface area contributed by atoms with Gasteiger partial charge in [-0.1, -0.05) is 25.7 Å². The highest BCUT2D eigenvalue weighted by Gasteiger charge is 2.35. The van der Waals surface area contributed by atoms with Crippen molar-refractivity contribution < 1.29 is 52.5 Å². The van der Waals surface area contributed by atoms with Crippen LogP contribution in [0.15, 0.2) is 14.4 Å². The van der Waals surface area contributed by atoms with Crippen LogP contribution in [-0.2, 0) is 46.9 Å². The number of esters is 2. The molecule has 0 aliphatic heterocycles. The predicted molar refractivity (Wildman–Crippen MR) is 247 cm³/mol. The molecule has 0 unspecified atom stereocenters. The van der Waals surface area contributed by atoms with Crippen molar-refractivity contribution in [3.8, 4) is 0 Å². The van der Waals surface area contributed by atoms with Crippen molar-refractivity contribution in [1.82, 2.24) is 23.9 Å². The summed E-state index contributed by atoms with van der Waals surface area (Å²) in [6.07, 6.45) is 7.07. The van der Waals surface area contributed by atoms with E-state index in [9.17, 15) is 49.2 Å². The number of nitrogens with zero attached hydrogens (tertiary/aromatic N) is 4. The molecular weight excluding hydrogens is 875 g/mol. The molecule has 0 aromatic carbocycles.